The normalized spacial score (nSPS) is 10.5. The maximum absolute atomic E-state index is 4.33. The van der Waals surface area contributed by atoms with Crippen molar-refractivity contribution in [3.63, 3.8) is 0 Å². The molecular weight excluding hydrogens is 376 g/mol. The van der Waals surface area contributed by atoms with Gasteiger partial charge in [-0.3, -0.25) is 4.98 Å². The molecule has 0 aliphatic heterocycles. The first kappa shape index (κ1) is 8.68. The van der Waals surface area contributed by atoms with Crippen molar-refractivity contribution >= 4 is 56.1 Å². The van der Waals surface area contributed by atoms with Crippen LogP contribution in [0.15, 0.2) is 30.5 Å². The van der Waals surface area contributed by atoms with Gasteiger partial charge in [0.05, 0.1) is 5.52 Å². The number of hydrogen-bond acceptors (Lipinski definition) is 1. The second kappa shape index (κ2) is 3.45. The second-order valence-corrected chi connectivity index (χ2v) is 4.75. The van der Waals surface area contributed by atoms with Crippen LogP contribution in [0.25, 0.3) is 10.9 Å². The van der Waals surface area contributed by atoms with E-state index >= 15 is 0 Å². The number of rotatable bonds is 0. The van der Waals surface area contributed by atoms with Gasteiger partial charge < -0.3 is 0 Å². The molecule has 3 heteroatoms. The molecular formula is C9H5I2N. The lowest BCUT2D eigenvalue weighted by molar-refractivity contribution is 1.40. The van der Waals surface area contributed by atoms with Crippen molar-refractivity contribution < 1.29 is 0 Å². The largest absolute Gasteiger partial charge is 0.255 e. The molecule has 0 atom stereocenters. The Bertz CT molecular complexity index is 385. The Morgan fingerprint density at radius 1 is 1.00 bits per heavy atom. The van der Waals surface area contributed by atoms with Crippen molar-refractivity contribution in [2.24, 2.45) is 0 Å². The summed E-state index contributed by atoms with van der Waals surface area (Å²) in [6, 6.07) is 8.29. The lowest BCUT2D eigenvalue weighted by Gasteiger charge is -2.00. The first-order chi connectivity index (χ1) is 5.79. The number of benzene rings is 1. The molecule has 0 aliphatic rings. The van der Waals surface area contributed by atoms with Gasteiger partial charge in [-0.05, 0) is 63.4 Å². The van der Waals surface area contributed by atoms with Crippen LogP contribution in [0.4, 0.5) is 0 Å². The molecule has 1 heterocycles. The number of pyridine rings is 1. The Kier molecular flexibility index (Phi) is 2.49. The minimum absolute atomic E-state index is 1.10. The van der Waals surface area contributed by atoms with Crippen molar-refractivity contribution in [3.05, 3.63) is 37.6 Å². The minimum Gasteiger partial charge on any atom is -0.255 e. The fourth-order valence-corrected chi connectivity index (χ4v) is 2.33. The van der Waals surface area contributed by atoms with Crippen LogP contribution in [0.2, 0.25) is 0 Å². The molecule has 0 bridgehead atoms. The van der Waals surface area contributed by atoms with Gasteiger partial charge in [0, 0.05) is 18.7 Å². The van der Waals surface area contributed by atoms with Crippen LogP contribution >= 0.6 is 45.2 Å². The van der Waals surface area contributed by atoms with E-state index in [-0.39, 0.29) is 0 Å². The summed E-state index contributed by atoms with van der Waals surface area (Å²) in [6.45, 7) is 0. The van der Waals surface area contributed by atoms with Gasteiger partial charge in [0.2, 0.25) is 0 Å². The summed E-state index contributed by atoms with van der Waals surface area (Å²) in [5, 5.41) is 1.24. The topological polar surface area (TPSA) is 12.9 Å². The van der Waals surface area contributed by atoms with E-state index < -0.39 is 0 Å². The Morgan fingerprint density at radius 3 is 2.50 bits per heavy atom. The summed E-state index contributed by atoms with van der Waals surface area (Å²) in [5.74, 6) is 0. The first-order valence-corrected chi connectivity index (χ1v) is 5.63. The summed E-state index contributed by atoms with van der Waals surface area (Å²) in [5.41, 5.74) is 1.10. The van der Waals surface area contributed by atoms with Gasteiger partial charge in [-0.1, -0.05) is 6.07 Å². The number of halogens is 2. The van der Waals surface area contributed by atoms with E-state index in [2.05, 4.69) is 68.4 Å². The van der Waals surface area contributed by atoms with E-state index in [1.54, 1.807) is 0 Å². The van der Waals surface area contributed by atoms with Crippen LogP contribution in [0, 0.1) is 7.14 Å². The molecule has 12 heavy (non-hydrogen) atoms. The van der Waals surface area contributed by atoms with Crippen LogP contribution in [-0.4, -0.2) is 4.98 Å². The number of hydrogen-bond donors (Lipinski definition) is 0. The highest BCUT2D eigenvalue weighted by Gasteiger charge is 2.01. The molecule has 0 aliphatic carbocycles. The van der Waals surface area contributed by atoms with E-state index in [1.807, 2.05) is 12.3 Å². The third-order valence-electron chi connectivity index (χ3n) is 1.67. The fraction of sp³-hybridized carbons (Fsp3) is 0. The summed E-state index contributed by atoms with van der Waals surface area (Å²) in [7, 11) is 0. The van der Waals surface area contributed by atoms with Crippen molar-refractivity contribution in [2.75, 3.05) is 0 Å². The average molecular weight is 381 g/mol. The van der Waals surface area contributed by atoms with Crippen molar-refractivity contribution in [1.82, 2.24) is 4.98 Å². The third-order valence-corrected chi connectivity index (χ3v) is 3.48. The Morgan fingerprint density at radius 2 is 1.75 bits per heavy atom. The van der Waals surface area contributed by atoms with Gasteiger partial charge in [0.25, 0.3) is 0 Å². The highest BCUT2D eigenvalue weighted by atomic mass is 127. The van der Waals surface area contributed by atoms with Crippen LogP contribution in [0.3, 0.4) is 0 Å². The standard InChI is InChI=1S/C9H5I2N/c10-7-3-4-8(11)9-6(7)2-1-5-12-9/h1-5H. The Balaban J connectivity index is 2.95. The SMILES string of the molecule is Ic1ccc(I)c2ncccc12. The van der Waals surface area contributed by atoms with E-state index in [0.717, 1.165) is 5.52 Å². The Labute approximate surface area is 97.9 Å². The van der Waals surface area contributed by atoms with Gasteiger partial charge in [0.1, 0.15) is 0 Å². The first-order valence-electron chi connectivity index (χ1n) is 3.48. The smallest absolute Gasteiger partial charge is 0.0845 e. The molecule has 60 valence electrons. The predicted octanol–water partition coefficient (Wildman–Crippen LogP) is 3.44. The molecule has 0 radical (unpaired) electrons. The van der Waals surface area contributed by atoms with E-state index in [4.69, 9.17) is 0 Å². The summed E-state index contributed by atoms with van der Waals surface area (Å²) < 4.78 is 2.47. The zero-order valence-corrected chi connectivity index (χ0v) is 10.4. The van der Waals surface area contributed by atoms with Crippen LogP contribution in [0.1, 0.15) is 0 Å². The van der Waals surface area contributed by atoms with Gasteiger partial charge in [-0.25, -0.2) is 0 Å². The third kappa shape index (κ3) is 1.44. The average Bonchev–Trinajstić information content (AvgIpc) is 2.12. The summed E-state index contributed by atoms with van der Waals surface area (Å²) >= 11 is 4.64. The van der Waals surface area contributed by atoms with E-state index in [1.165, 1.54) is 12.5 Å². The second-order valence-electron chi connectivity index (χ2n) is 2.43. The summed E-state index contributed by atoms with van der Waals surface area (Å²) in [6.07, 6.45) is 1.83. The highest BCUT2D eigenvalue weighted by molar-refractivity contribution is 14.1. The molecule has 0 fully saturated rings. The van der Waals surface area contributed by atoms with Crippen LogP contribution in [0.5, 0.6) is 0 Å². The molecule has 0 saturated heterocycles. The van der Waals surface area contributed by atoms with Gasteiger partial charge in [-0.15, -0.1) is 0 Å². The van der Waals surface area contributed by atoms with E-state index in [0.29, 0.717) is 0 Å². The van der Waals surface area contributed by atoms with Crippen molar-refractivity contribution in [2.45, 2.75) is 0 Å². The molecule has 1 nitrogen and oxygen atoms in total. The fourth-order valence-electron chi connectivity index (χ4n) is 1.10. The van der Waals surface area contributed by atoms with Crippen LogP contribution < -0.4 is 0 Å². The van der Waals surface area contributed by atoms with Gasteiger partial charge in [-0.2, -0.15) is 0 Å². The van der Waals surface area contributed by atoms with E-state index in [9.17, 15) is 0 Å². The predicted molar refractivity (Wildman–Crippen MR) is 67.2 cm³/mol. The zero-order chi connectivity index (χ0) is 8.55. The minimum atomic E-state index is 1.10. The molecule has 0 N–H and O–H groups in total. The molecule has 0 spiro atoms. The molecule has 1 aromatic heterocycles. The van der Waals surface area contributed by atoms with Crippen LogP contribution in [-0.2, 0) is 0 Å². The quantitative estimate of drug-likeness (QED) is 0.638. The number of nitrogens with zero attached hydrogens (tertiary/aromatic N) is 1. The molecule has 0 amide bonds. The molecule has 0 unspecified atom stereocenters. The maximum atomic E-state index is 4.33. The monoisotopic (exact) mass is 381 g/mol. The number of fused-ring (bicyclic) bond motifs is 1. The van der Waals surface area contributed by atoms with Crippen molar-refractivity contribution in [3.8, 4) is 0 Å². The molecule has 2 rings (SSSR count). The van der Waals surface area contributed by atoms with Gasteiger partial charge in [0.15, 0.2) is 0 Å². The number of aromatic nitrogens is 1. The summed E-state index contributed by atoms with van der Waals surface area (Å²) in [4.78, 5) is 4.33. The lowest BCUT2D eigenvalue weighted by Crippen LogP contribution is -1.84. The Hall–Kier alpha value is 0.0900. The highest BCUT2D eigenvalue weighted by Crippen LogP contribution is 2.22. The lowest BCUT2D eigenvalue weighted by atomic mass is 10.2. The zero-order valence-electron chi connectivity index (χ0n) is 6.09. The maximum Gasteiger partial charge on any atom is 0.0845 e. The van der Waals surface area contributed by atoms with Crippen molar-refractivity contribution in [1.29, 1.82) is 0 Å². The molecule has 1 aromatic carbocycles. The molecule has 2 aromatic rings. The molecule has 0 saturated carbocycles. The van der Waals surface area contributed by atoms with Gasteiger partial charge >= 0.3 is 0 Å².